The van der Waals surface area contributed by atoms with E-state index in [2.05, 4.69) is 5.32 Å². The van der Waals surface area contributed by atoms with Crippen molar-refractivity contribution in [2.24, 2.45) is 0 Å². The molecule has 0 saturated carbocycles. The van der Waals surface area contributed by atoms with Gasteiger partial charge in [-0.05, 0) is 0 Å². The molecule has 0 spiro atoms. The first-order valence-corrected chi connectivity index (χ1v) is 3.00. The molecule has 1 radical (unpaired) electrons. The Morgan fingerprint density at radius 2 is 2.00 bits per heavy atom. The van der Waals surface area contributed by atoms with Crippen LogP contribution in [0.25, 0.3) is 0 Å². The van der Waals surface area contributed by atoms with E-state index in [0.717, 1.165) is 0 Å². The van der Waals surface area contributed by atoms with Gasteiger partial charge in [0.1, 0.15) is 0 Å². The van der Waals surface area contributed by atoms with Crippen LogP contribution in [0, 0.1) is 0 Å². The highest BCUT2D eigenvalue weighted by molar-refractivity contribution is 5.81. The molecule has 0 aliphatic carbocycles. The Balaban J connectivity index is 3.37. The van der Waals surface area contributed by atoms with Crippen LogP contribution in [-0.4, -0.2) is 29.8 Å². The van der Waals surface area contributed by atoms with Crippen LogP contribution in [0.1, 0.15) is 12.8 Å². The molecule has 0 aliphatic rings. The molecule has 0 fully saturated rings. The van der Waals surface area contributed by atoms with Crippen LogP contribution in [0.3, 0.4) is 0 Å². The molecule has 0 rings (SSSR count). The van der Waals surface area contributed by atoms with Crippen LogP contribution in [0.2, 0.25) is 0 Å². The minimum atomic E-state index is -1.03. The Labute approximate surface area is 63.4 Å². The normalized spacial score (nSPS) is 8.73. The van der Waals surface area contributed by atoms with Gasteiger partial charge in [0.05, 0.1) is 13.0 Å². The van der Waals surface area contributed by atoms with Gasteiger partial charge >= 0.3 is 5.97 Å². The number of amides is 1. The summed E-state index contributed by atoms with van der Waals surface area (Å²) in [6, 6.07) is 0. The fourth-order valence-electron chi connectivity index (χ4n) is 0.444. The SMILES string of the molecule is O=[C]CNC(=O)CCC(=O)O. The lowest BCUT2D eigenvalue weighted by Crippen LogP contribution is -2.25. The second-order valence-electron chi connectivity index (χ2n) is 1.81. The maximum atomic E-state index is 10.6. The van der Waals surface area contributed by atoms with E-state index >= 15 is 0 Å². The minimum Gasteiger partial charge on any atom is -0.481 e. The summed E-state index contributed by atoms with van der Waals surface area (Å²) < 4.78 is 0. The Bertz CT molecular complexity index is 166. The molecule has 5 nitrogen and oxygen atoms in total. The number of carboxylic acids is 1. The average molecular weight is 158 g/mol. The van der Waals surface area contributed by atoms with Crippen molar-refractivity contribution in [1.82, 2.24) is 5.32 Å². The van der Waals surface area contributed by atoms with E-state index in [4.69, 9.17) is 5.11 Å². The average Bonchev–Trinajstić information content (AvgIpc) is 1.97. The quantitative estimate of drug-likeness (QED) is 0.541. The van der Waals surface area contributed by atoms with Crippen LogP contribution in [0.5, 0.6) is 0 Å². The van der Waals surface area contributed by atoms with E-state index in [1.165, 1.54) is 6.29 Å². The maximum absolute atomic E-state index is 10.6. The van der Waals surface area contributed by atoms with Crippen molar-refractivity contribution in [3.05, 3.63) is 0 Å². The highest BCUT2D eigenvalue weighted by atomic mass is 16.4. The van der Waals surface area contributed by atoms with Crippen LogP contribution in [-0.2, 0) is 14.4 Å². The topological polar surface area (TPSA) is 83.5 Å². The number of hydrogen-bond donors (Lipinski definition) is 2. The molecular weight excluding hydrogens is 150 g/mol. The maximum Gasteiger partial charge on any atom is 0.303 e. The molecule has 0 aliphatic heterocycles. The van der Waals surface area contributed by atoms with Crippen molar-refractivity contribution >= 4 is 18.2 Å². The molecule has 0 unspecified atom stereocenters. The van der Waals surface area contributed by atoms with Crippen molar-refractivity contribution in [1.29, 1.82) is 0 Å². The van der Waals surface area contributed by atoms with E-state index in [-0.39, 0.29) is 19.4 Å². The Morgan fingerprint density at radius 3 is 2.45 bits per heavy atom. The van der Waals surface area contributed by atoms with Crippen molar-refractivity contribution < 1.29 is 19.5 Å². The van der Waals surface area contributed by atoms with Gasteiger partial charge in [-0.25, -0.2) is 0 Å². The smallest absolute Gasteiger partial charge is 0.303 e. The molecule has 61 valence electrons. The standard InChI is InChI=1S/C6H8NO4/c8-4-3-7-5(9)1-2-6(10)11/h1-3H2,(H,7,9)(H,10,11). The number of nitrogens with one attached hydrogen (secondary N) is 1. The van der Waals surface area contributed by atoms with Crippen molar-refractivity contribution in [3.63, 3.8) is 0 Å². The largest absolute Gasteiger partial charge is 0.481 e. The van der Waals surface area contributed by atoms with Gasteiger partial charge in [-0.3, -0.25) is 14.4 Å². The van der Waals surface area contributed by atoms with Gasteiger partial charge in [0.25, 0.3) is 0 Å². The summed E-state index contributed by atoms with van der Waals surface area (Å²) in [6.07, 6.45) is 1.14. The molecule has 0 heterocycles. The summed E-state index contributed by atoms with van der Waals surface area (Å²) in [5.41, 5.74) is 0. The van der Waals surface area contributed by atoms with Crippen LogP contribution in [0.15, 0.2) is 0 Å². The zero-order chi connectivity index (χ0) is 8.69. The van der Waals surface area contributed by atoms with Crippen LogP contribution < -0.4 is 5.32 Å². The predicted molar refractivity (Wildman–Crippen MR) is 35.6 cm³/mol. The third kappa shape index (κ3) is 6.50. The number of rotatable bonds is 5. The predicted octanol–water partition coefficient (Wildman–Crippen LogP) is -0.923. The van der Waals surface area contributed by atoms with Gasteiger partial charge in [-0.1, -0.05) is 0 Å². The monoisotopic (exact) mass is 158 g/mol. The lowest BCUT2D eigenvalue weighted by molar-refractivity contribution is -0.138. The molecule has 0 bridgehead atoms. The fourth-order valence-corrected chi connectivity index (χ4v) is 0.444. The fraction of sp³-hybridized carbons (Fsp3) is 0.500. The zero-order valence-corrected chi connectivity index (χ0v) is 5.79. The summed E-state index contributed by atoms with van der Waals surface area (Å²) in [7, 11) is 0. The Kier molecular flexibility index (Phi) is 4.72. The first-order valence-electron chi connectivity index (χ1n) is 3.00. The lowest BCUT2D eigenvalue weighted by Gasteiger charge is -1.96. The van der Waals surface area contributed by atoms with Crippen molar-refractivity contribution in [3.8, 4) is 0 Å². The molecule has 0 aromatic carbocycles. The second-order valence-corrected chi connectivity index (χ2v) is 1.81. The number of carbonyl (C=O) groups excluding carboxylic acids is 2. The molecule has 0 atom stereocenters. The molecule has 5 heteroatoms. The van der Waals surface area contributed by atoms with E-state index in [1.807, 2.05) is 0 Å². The lowest BCUT2D eigenvalue weighted by atomic mass is 10.3. The molecule has 0 aromatic heterocycles. The third-order valence-corrected chi connectivity index (χ3v) is 0.924. The summed E-state index contributed by atoms with van der Waals surface area (Å²) in [6.45, 7) is -0.182. The Hall–Kier alpha value is -1.39. The van der Waals surface area contributed by atoms with Crippen molar-refractivity contribution in [2.75, 3.05) is 6.54 Å². The third-order valence-electron chi connectivity index (χ3n) is 0.924. The van der Waals surface area contributed by atoms with Gasteiger partial charge < -0.3 is 10.4 Å². The van der Waals surface area contributed by atoms with Crippen molar-refractivity contribution in [2.45, 2.75) is 12.8 Å². The number of carbonyl (C=O) groups is 2. The highest BCUT2D eigenvalue weighted by Crippen LogP contribution is 1.86. The van der Waals surface area contributed by atoms with Crippen LogP contribution in [0.4, 0.5) is 0 Å². The summed E-state index contributed by atoms with van der Waals surface area (Å²) >= 11 is 0. The number of hydrogen-bond acceptors (Lipinski definition) is 3. The zero-order valence-electron chi connectivity index (χ0n) is 5.79. The first kappa shape index (κ1) is 9.61. The van der Waals surface area contributed by atoms with Gasteiger partial charge in [-0.2, -0.15) is 0 Å². The highest BCUT2D eigenvalue weighted by Gasteiger charge is 2.03. The van der Waals surface area contributed by atoms with Crippen LogP contribution >= 0.6 is 0 Å². The minimum absolute atomic E-state index is 0.100. The molecule has 0 aromatic rings. The van der Waals surface area contributed by atoms with Gasteiger partial charge in [0.2, 0.25) is 12.2 Å². The molecular formula is C6H8NO4. The number of aliphatic carboxylic acids is 1. The van der Waals surface area contributed by atoms with Gasteiger partial charge in [0, 0.05) is 6.42 Å². The van der Waals surface area contributed by atoms with E-state index in [1.54, 1.807) is 0 Å². The summed E-state index contributed by atoms with van der Waals surface area (Å²) in [5.74, 6) is -1.48. The number of carboxylic acid groups (broad SMARTS) is 1. The van der Waals surface area contributed by atoms with E-state index < -0.39 is 11.9 Å². The molecule has 1 amide bonds. The Morgan fingerprint density at radius 1 is 1.36 bits per heavy atom. The van der Waals surface area contributed by atoms with E-state index in [0.29, 0.717) is 0 Å². The first-order chi connectivity index (χ1) is 5.16. The van der Waals surface area contributed by atoms with Gasteiger partial charge in [-0.15, -0.1) is 0 Å². The summed E-state index contributed by atoms with van der Waals surface area (Å²) in [5, 5.41) is 10.3. The summed E-state index contributed by atoms with van der Waals surface area (Å²) in [4.78, 5) is 30.1. The van der Waals surface area contributed by atoms with Gasteiger partial charge in [0.15, 0.2) is 0 Å². The molecule has 11 heavy (non-hydrogen) atoms. The molecule has 0 saturated heterocycles. The second kappa shape index (κ2) is 5.40. The van der Waals surface area contributed by atoms with E-state index in [9.17, 15) is 14.4 Å². The molecule has 2 N–H and O–H groups in total.